The summed E-state index contributed by atoms with van der Waals surface area (Å²) in [7, 11) is -1.91. The molecule has 0 aliphatic carbocycles. The van der Waals surface area contributed by atoms with Crippen molar-refractivity contribution in [2.24, 2.45) is 0 Å². The molecule has 180 valence electrons. The molecule has 0 fully saturated rings. The highest BCUT2D eigenvalue weighted by Gasteiger charge is 2.20. The molecule has 9 heteroatoms. The van der Waals surface area contributed by atoms with Crippen molar-refractivity contribution in [1.82, 2.24) is 5.32 Å². The summed E-state index contributed by atoms with van der Waals surface area (Å²) < 4.78 is 37.2. The average Bonchev–Trinajstić information content (AvgIpc) is 2.85. The van der Waals surface area contributed by atoms with Crippen LogP contribution < -0.4 is 19.1 Å². The zero-order valence-corrected chi connectivity index (χ0v) is 21.0. The Labute approximate surface area is 205 Å². The van der Waals surface area contributed by atoms with Gasteiger partial charge in [-0.3, -0.25) is 9.10 Å². The van der Waals surface area contributed by atoms with Crippen molar-refractivity contribution in [3.8, 4) is 11.5 Å². The highest BCUT2D eigenvalue weighted by Crippen LogP contribution is 2.31. The number of para-hydroxylation sites is 1. The fraction of sp³-hybridized carbons (Fsp3) is 0.240. The van der Waals surface area contributed by atoms with E-state index in [2.05, 4.69) is 5.32 Å². The van der Waals surface area contributed by atoms with Crippen molar-refractivity contribution in [2.45, 2.75) is 11.4 Å². The maximum Gasteiger partial charge on any atom is 0.251 e. The smallest absolute Gasteiger partial charge is 0.251 e. The van der Waals surface area contributed by atoms with Crippen LogP contribution in [0.3, 0.4) is 0 Å². The lowest BCUT2D eigenvalue weighted by molar-refractivity contribution is 0.0947. The molecular weight excluding hydrogens is 472 g/mol. The number of carbonyl (C=O) groups excluding carboxylic acids is 1. The number of carbonyl (C=O) groups is 1. The van der Waals surface area contributed by atoms with Gasteiger partial charge in [-0.15, -0.1) is 11.8 Å². The average molecular weight is 501 g/mol. The van der Waals surface area contributed by atoms with Gasteiger partial charge in [-0.25, -0.2) is 8.42 Å². The van der Waals surface area contributed by atoms with Gasteiger partial charge >= 0.3 is 0 Å². The van der Waals surface area contributed by atoms with Gasteiger partial charge in [0.2, 0.25) is 10.0 Å². The summed E-state index contributed by atoms with van der Waals surface area (Å²) >= 11 is 1.49. The number of methoxy groups -OCH3 is 1. The number of nitrogens with zero attached hydrogens (tertiary/aromatic N) is 1. The van der Waals surface area contributed by atoms with Crippen LogP contribution in [-0.4, -0.2) is 47.1 Å². The summed E-state index contributed by atoms with van der Waals surface area (Å²) in [5.41, 5.74) is 1.90. The van der Waals surface area contributed by atoms with Crippen molar-refractivity contribution in [2.75, 3.05) is 37.1 Å². The van der Waals surface area contributed by atoms with Crippen LogP contribution in [0.2, 0.25) is 0 Å². The first-order chi connectivity index (χ1) is 16.3. The molecule has 1 amide bonds. The van der Waals surface area contributed by atoms with Crippen molar-refractivity contribution in [3.63, 3.8) is 0 Å². The zero-order chi connectivity index (χ0) is 24.6. The van der Waals surface area contributed by atoms with E-state index in [0.29, 0.717) is 35.9 Å². The normalized spacial score (nSPS) is 11.0. The standard InChI is InChI=1S/C25H28N2O5S2/c1-31-21-7-6-8-22(17-21)32-16-15-26-25(28)20-13-11-19(12-14-20)18-27(34(3,29)30)23-9-4-5-10-24(23)33-2/h4-14,17H,15-16,18H2,1-3H3,(H,26,28). The number of ether oxygens (including phenoxy) is 2. The zero-order valence-electron chi connectivity index (χ0n) is 19.4. The minimum absolute atomic E-state index is 0.173. The van der Waals surface area contributed by atoms with Crippen LogP contribution in [0.15, 0.2) is 77.7 Å². The number of benzene rings is 3. The van der Waals surface area contributed by atoms with Gasteiger partial charge in [-0.1, -0.05) is 30.3 Å². The van der Waals surface area contributed by atoms with Crippen molar-refractivity contribution in [3.05, 3.63) is 83.9 Å². The Kier molecular flexibility index (Phi) is 8.84. The van der Waals surface area contributed by atoms with E-state index in [4.69, 9.17) is 9.47 Å². The van der Waals surface area contributed by atoms with E-state index in [-0.39, 0.29) is 12.5 Å². The summed E-state index contributed by atoms with van der Waals surface area (Å²) in [5, 5.41) is 2.82. The highest BCUT2D eigenvalue weighted by molar-refractivity contribution is 7.99. The number of hydrogen-bond donors (Lipinski definition) is 1. The molecule has 0 unspecified atom stereocenters. The van der Waals surface area contributed by atoms with Crippen LogP contribution in [0.1, 0.15) is 15.9 Å². The fourth-order valence-electron chi connectivity index (χ4n) is 3.27. The molecule has 0 aliphatic rings. The Bertz CT molecular complexity index is 1210. The molecule has 0 saturated carbocycles. The van der Waals surface area contributed by atoms with Crippen LogP contribution in [0.4, 0.5) is 5.69 Å². The maximum absolute atomic E-state index is 12.5. The quantitative estimate of drug-likeness (QED) is 0.314. The van der Waals surface area contributed by atoms with Crippen LogP contribution >= 0.6 is 11.8 Å². The monoisotopic (exact) mass is 500 g/mol. The van der Waals surface area contributed by atoms with Crippen LogP contribution in [0.25, 0.3) is 0 Å². The van der Waals surface area contributed by atoms with E-state index in [0.717, 1.165) is 10.5 Å². The Morgan fingerprint density at radius 3 is 2.38 bits per heavy atom. The van der Waals surface area contributed by atoms with Gasteiger partial charge in [0.1, 0.15) is 18.1 Å². The Morgan fingerprint density at radius 2 is 1.71 bits per heavy atom. The lowest BCUT2D eigenvalue weighted by Gasteiger charge is -2.24. The molecule has 1 N–H and O–H groups in total. The first-order valence-electron chi connectivity index (χ1n) is 10.6. The topological polar surface area (TPSA) is 84.9 Å². The number of nitrogens with one attached hydrogen (secondary N) is 1. The molecule has 0 bridgehead atoms. The summed E-state index contributed by atoms with van der Waals surface area (Å²) in [6.07, 6.45) is 3.11. The van der Waals surface area contributed by atoms with Crippen LogP contribution in [0.5, 0.6) is 11.5 Å². The SMILES string of the molecule is COc1cccc(OCCNC(=O)c2ccc(CN(c3ccccc3SC)S(C)(=O)=O)cc2)c1. The van der Waals surface area contributed by atoms with Gasteiger partial charge in [-0.05, 0) is 48.2 Å². The number of sulfonamides is 1. The Hall–Kier alpha value is -3.17. The van der Waals surface area contributed by atoms with Crippen LogP contribution in [0, 0.1) is 0 Å². The highest BCUT2D eigenvalue weighted by atomic mass is 32.2. The Balaban J connectivity index is 1.59. The summed E-state index contributed by atoms with van der Waals surface area (Å²) in [4.78, 5) is 13.3. The van der Waals surface area contributed by atoms with Gasteiger partial charge in [0, 0.05) is 16.5 Å². The third kappa shape index (κ3) is 6.91. The summed E-state index contributed by atoms with van der Waals surface area (Å²) in [5.74, 6) is 1.14. The first-order valence-corrected chi connectivity index (χ1v) is 13.6. The first kappa shape index (κ1) is 25.5. The summed E-state index contributed by atoms with van der Waals surface area (Å²) in [6.45, 7) is 0.826. The van der Waals surface area contributed by atoms with Gasteiger partial charge in [0.25, 0.3) is 5.91 Å². The minimum Gasteiger partial charge on any atom is -0.497 e. The molecular formula is C25H28N2O5S2. The number of hydrogen-bond acceptors (Lipinski definition) is 6. The lowest BCUT2D eigenvalue weighted by Crippen LogP contribution is -2.30. The molecule has 3 aromatic rings. The predicted octanol–water partition coefficient (Wildman–Crippen LogP) is 4.19. The van der Waals surface area contributed by atoms with E-state index in [9.17, 15) is 13.2 Å². The second-order valence-corrected chi connectivity index (χ2v) is 10.2. The third-order valence-electron chi connectivity index (χ3n) is 4.99. The molecule has 3 rings (SSSR count). The maximum atomic E-state index is 12.5. The van der Waals surface area contributed by atoms with Gasteiger partial charge in [-0.2, -0.15) is 0 Å². The molecule has 0 aliphatic heterocycles. The van der Waals surface area contributed by atoms with Crippen LogP contribution in [-0.2, 0) is 16.6 Å². The fourth-order valence-corrected chi connectivity index (χ4v) is 4.83. The molecule has 0 aromatic heterocycles. The van der Waals surface area contributed by atoms with E-state index < -0.39 is 10.0 Å². The number of anilines is 1. The van der Waals surface area contributed by atoms with E-state index in [1.807, 2.05) is 42.7 Å². The number of thioether (sulfide) groups is 1. The molecule has 7 nitrogen and oxygen atoms in total. The van der Waals surface area contributed by atoms with Gasteiger partial charge < -0.3 is 14.8 Å². The minimum atomic E-state index is -3.50. The van der Waals surface area contributed by atoms with Crippen molar-refractivity contribution < 1.29 is 22.7 Å². The lowest BCUT2D eigenvalue weighted by atomic mass is 10.1. The predicted molar refractivity (Wildman–Crippen MR) is 137 cm³/mol. The molecule has 0 spiro atoms. The second kappa shape index (κ2) is 11.8. The largest absolute Gasteiger partial charge is 0.497 e. The molecule has 34 heavy (non-hydrogen) atoms. The van der Waals surface area contributed by atoms with E-state index in [1.165, 1.54) is 22.3 Å². The summed E-state index contributed by atoms with van der Waals surface area (Å²) in [6, 6.07) is 21.5. The van der Waals surface area contributed by atoms with Crippen molar-refractivity contribution >= 4 is 33.4 Å². The third-order valence-corrected chi connectivity index (χ3v) is 6.91. The van der Waals surface area contributed by atoms with Gasteiger partial charge in [0.15, 0.2) is 0 Å². The van der Waals surface area contributed by atoms with E-state index >= 15 is 0 Å². The molecule has 0 atom stereocenters. The molecule has 3 aromatic carbocycles. The molecule has 0 radical (unpaired) electrons. The molecule has 0 saturated heterocycles. The second-order valence-electron chi connectivity index (χ2n) is 7.42. The van der Waals surface area contributed by atoms with Gasteiger partial charge in [0.05, 0.1) is 32.1 Å². The Morgan fingerprint density at radius 1 is 1.00 bits per heavy atom. The van der Waals surface area contributed by atoms with E-state index in [1.54, 1.807) is 43.5 Å². The molecule has 0 heterocycles. The number of amides is 1. The number of rotatable bonds is 11. The van der Waals surface area contributed by atoms with Crippen molar-refractivity contribution in [1.29, 1.82) is 0 Å².